The van der Waals surface area contributed by atoms with E-state index in [1.807, 2.05) is 0 Å². The molecule has 0 saturated heterocycles. The number of nitrogens with two attached hydrogens (primary N) is 1. The zero-order valence-electron chi connectivity index (χ0n) is 5.18. The van der Waals surface area contributed by atoms with Crippen LogP contribution in [-0.4, -0.2) is 5.54 Å². The molecule has 0 spiro atoms. The number of hydrogen-bond acceptors (Lipinski definition) is 1. The van der Waals surface area contributed by atoms with E-state index >= 15 is 0 Å². The van der Waals surface area contributed by atoms with Gasteiger partial charge in [-0.3, -0.25) is 0 Å². The van der Waals surface area contributed by atoms with Gasteiger partial charge in [-0.05, 0) is 19.3 Å². The van der Waals surface area contributed by atoms with E-state index in [1.54, 1.807) is 0 Å². The smallest absolute Gasteiger partial charge is 0.0364 e. The zero-order valence-corrected chi connectivity index (χ0v) is 6.00. The van der Waals surface area contributed by atoms with E-state index in [9.17, 15) is 0 Å². The van der Waals surface area contributed by atoms with Crippen LogP contribution in [-0.2, 0) is 0 Å². The Bertz CT molecular complexity index is 160. The molecule has 50 valence electrons. The Hall–Kier alpha value is -0.190. The van der Waals surface area contributed by atoms with E-state index in [-0.39, 0.29) is 23.4 Å². The van der Waals surface area contributed by atoms with Crippen LogP contribution in [0.4, 0.5) is 0 Å². The third-order valence-corrected chi connectivity index (χ3v) is 2.38. The van der Waals surface area contributed by atoms with E-state index in [0.29, 0.717) is 0 Å². The van der Waals surface area contributed by atoms with Crippen molar-refractivity contribution in [3.8, 4) is 12.3 Å². The maximum absolute atomic E-state index is 5.75. The van der Waals surface area contributed by atoms with Crippen molar-refractivity contribution >= 4 is 12.4 Å². The van der Waals surface area contributed by atoms with Gasteiger partial charge >= 0.3 is 0 Å². The van der Waals surface area contributed by atoms with Crippen molar-refractivity contribution in [3.05, 3.63) is 0 Å². The number of terminal acetylenes is 1. The van der Waals surface area contributed by atoms with Crippen molar-refractivity contribution in [2.24, 2.45) is 11.1 Å². The highest BCUT2D eigenvalue weighted by Crippen LogP contribution is 2.65. The lowest BCUT2D eigenvalue weighted by Gasteiger charge is -2.66. The Morgan fingerprint density at radius 3 is 1.89 bits per heavy atom. The molecule has 1 nitrogen and oxygen atoms in total. The molecule has 3 aliphatic carbocycles. The van der Waals surface area contributed by atoms with Crippen molar-refractivity contribution in [3.63, 3.8) is 0 Å². The first kappa shape index (κ1) is 6.92. The second kappa shape index (κ2) is 1.45. The Morgan fingerprint density at radius 1 is 1.33 bits per heavy atom. The van der Waals surface area contributed by atoms with Crippen LogP contribution >= 0.6 is 12.4 Å². The molecule has 3 aliphatic rings. The van der Waals surface area contributed by atoms with Crippen LogP contribution in [0.15, 0.2) is 0 Å². The molecule has 3 fully saturated rings. The summed E-state index contributed by atoms with van der Waals surface area (Å²) in [5, 5.41) is 0. The highest BCUT2D eigenvalue weighted by molar-refractivity contribution is 5.85. The van der Waals surface area contributed by atoms with Crippen LogP contribution in [0.2, 0.25) is 0 Å². The molecule has 0 atom stereocenters. The monoisotopic (exact) mass is 143 g/mol. The average molecular weight is 144 g/mol. The van der Waals surface area contributed by atoms with E-state index in [4.69, 9.17) is 12.2 Å². The summed E-state index contributed by atoms with van der Waals surface area (Å²) in [4.78, 5) is 0. The number of halogens is 1. The van der Waals surface area contributed by atoms with Gasteiger partial charge in [0.1, 0.15) is 0 Å². The minimum Gasteiger partial charge on any atom is -0.325 e. The molecule has 0 aliphatic heterocycles. The fourth-order valence-corrected chi connectivity index (χ4v) is 2.02. The minimum atomic E-state index is 0. The van der Waals surface area contributed by atoms with Crippen molar-refractivity contribution in [1.29, 1.82) is 0 Å². The quantitative estimate of drug-likeness (QED) is 0.502. The van der Waals surface area contributed by atoms with Gasteiger partial charge in [0.05, 0.1) is 0 Å². The van der Waals surface area contributed by atoms with Crippen molar-refractivity contribution in [1.82, 2.24) is 0 Å². The van der Waals surface area contributed by atoms with Gasteiger partial charge < -0.3 is 5.73 Å². The SMILES string of the molecule is C#CC12CC(N)(C1)C2.Cl. The topological polar surface area (TPSA) is 26.0 Å². The first-order valence-corrected chi connectivity index (χ1v) is 2.95. The molecule has 2 N–H and O–H groups in total. The van der Waals surface area contributed by atoms with Gasteiger partial charge in [0, 0.05) is 11.0 Å². The summed E-state index contributed by atoms with van der Waals surface area (Å²) in [5.74, 6) is 2.79. The zero-order chi connectivity index (χ0) is 5.83. The van der Waals surface area contributed by atoms with Gasteiger partial charge in [-0.25, -0.2) is 0 Å². The molecule has 0 heterocycles. The standard InChI is InChI=1S/C7H9N.ClH/c1-2-6-3-7(8,4-6)5-6;/h1H,3-5,8H2;1H. The average Bonchev–Trinajstić information content (AvgIpc) is 1.55. The number of hydrogen-bond donors (Lipinski definition) is 1. The van der Waals surface area contributed by atoms with Crippen LogP contribution in [0, 0.1) is 17.8 Å². The summed E-state index contributed by atoms with van der Waals surface area (Å²) >= 11 is 0. The van der Waals surface area contributed by atoms with E-state index in [2.05, 4.69) is 5.92 Å². The van der Waals surface area contributed by atoms with Crippen LogP contribution in [0.1, 0.15) is 19.3 Å². The number of rotatable bonds is 0. The van der Waals surface area contributed by atoms with E-state index in [0.717, 1.165) is 19.3 Å². The first-order valence-electron chi connectivity index (χ1n) is 2.95. The second-order valence-electron chi connectivity index (χ2n) is 3.32. The molecule has 2 heteroatoms. The van der Waals surface area contributed by atoms with Gasteiger partial charge in [0.15, 0.2) is 0 Å². The molecule has 3 rings (SSSR count). The fourth-order valence-electron chi connectivity index (χ4n) is 2.02. The van der Waals surface area contributed by atoms with Crippen LogP contribution in [0.25, 0.3) is 0 Å². The predicted octanol–water partition coefficient (Wildman–Crippen LogP) is 0.923. The predicted molar refractivity (Wildman–Crippen MR) is 39.3 cm³/mol. The first-order chi connectivity index (χ1) is 3.68. The molecule has 2 bridgehead atoms. The highest BCUT2D eigenvalue weighted by atomic mass is 35.5. The normalized spacial score (nSPS) is 51.6. The van der Waals surface area contributed by atoms with Gasteiger partial charge in [0.25, 0.3) is 0 Å². The van der Waals surface area contributed by atoms with Crippen LogP contribution in [0.3, 0.4) is 0 Å². The molecule has 9 heavy (non-hydrogen) atoms. The molecule has 0 unspecified atom stereocenters. The lowest BCUT2D eigenvalue weighted by atomic mass is 9.40. The lowest BCUT2D eigenvalue weighted by Crippen LogP contribution is -2.71. The molecule has 0 radical (unpaired) electrons. The third kappa shape index (κ3) is 0.609. The van der Waals surface area contributed by atoms with Gasteiger partial charge in [-0.2, -0.15) is 0 Å². The Kier molecular flexibility index (Phi) is 1.11. The molecular formula is C7H10ClN. The summed E-state index contributed by atoms with van der Waals surface area (Å²) < 4.78 is 0. The van der Waals surface area contributed by atoms with E-state index in [1.165, 1.54) is 0 Å². The lowest BCUT2D eigenvalue weighted by molar-refractivity contribution is -0.0806. The third-order valence-electron chi connectivity index (χ3n) is 2.38. The summed E-state index contributed by atoms with van der Waals surface area (Å²) in [6, 6.07) is 0. The minimum absolute atomic E-state index is 0. The van der Waals surface area contributed by atoms with Crippen LogP contribution < -0.4 is 5.73 Å². The summed E-state index contributed by atoms with van der Waals surface area (Å²) in [7, 11) is 0. The maximum atomic E-state index is 5.75. The van der Waals surface area contributed by atoms with Gasteiger partial charge in [0.2, 0.25) is 0 Å². The molecule has 0 aromatic carbocycles. The largest absolute Gasteiger partial charge is 0.325 e. The fraction of sp³-hybridized carbons (Fsp3) is 0.714. The Morgan fingerprint density at radius 2 is 1.78 bits per heavy atom. The Labute approximate surface area is 61.4 Å². The summed E-state index contributed by atoms with van der Waals surface area (Å²) in [6.07, 6.45) is 8.50. The van der Waals surface area contributed by atoms with Crippen molar-refractivity contribution in [2.45, 2.75) is 24.8 Å². The van der Waals surface area contributed by atoms with Crippen molar-refractivity contribution in [2.75, 3.05) is 0 Å². The second-order valence-corrected chi connectivity index (χ2v) is 3.32. The van der Waals surface area contributed by atoms with Gasteiger partial charge in [-0.1, -0.05) is 5.92 Å². The molecule has 0 aromatic heterocycles. The highest BCUT2D eigenvalue weighted by Gasteiger charge is 2.65. The summed E-state index contributed by atoms with van der Waals surface area (Å²) in [5.41, 5.74) is 6.21. The molecule has 0 aromatic rings. The van der Waals surface area contributed by atoms with Gasteiger partial charge in [-0.15, -0.1) is 18.8 Å². The summed E-state index contributed by atoms with van der Waals surface area (Å²) in [6.45, 7) is 0. The maximum Gasteiger partial charge on any atom is 0.0364 e. The van der Waals surface area contributed by atoms with Crippen LogP contribution in [0.5, 0.6) is 0 Å². The molecule has 3 saturated carbocycles. The molecular weight excluding hydrogens is 134 g/mol. The van der Waals surface area contributed by atoms with E-state index < -0.39 is 0 Å². The Balaban J connectivity index is 0.000000405. The van der Waals surface area contributed by atoms with Crippen molar-refractivity contribution < 1.29 is 0 Å². The molecule has 0 amide bonds.